The molecule has 1 aromatic carbocycles. The van der Waals surface area contributed by atoms with Crippen LogP contribution in [-0.4, -0.2) is 42.2 Å². The zero-order valence-electron chi connectivity index (χ0n) is 10.3. The van der Waals surface area contributed by atoms with E-state index in [9.17, 15) is 9.59 Å². The molecule has 0 saturated heterocycles. The lowest BCUT2D eigenvalue weighted by molar-refractivity contribution is -0.113. The molecule has 7 heteroatoms. The standard InChI is InChI=1S/C12H14BrNO4S/c1-18-4-5-19-7-11(15)14-10-3-2-8(13)6-9(10)12(16)17/h2-3,6H,4-5,7H2,1H3,(H,14,15)(H,16,17). The van der Waals surface area contributed by atoms with Crippen molar-refractivity contribution in [3.8, 4) is 0 Å². The Labute approximate surface area is 123 Å². The molecule has 1 rings (SSSR count). The van der Waals surface area contributed by atoms with Crippen molar-refractivity contribution in [2.75, 3.05) is 30.5 Å². The van der Waals surface area contributed by atoms with Crippen molar-refractivity contribution in [1.82, 2.24) is 0 Å². The van der Waals surface area contributed by atoms with Gasteiger partial charge in [-0.3, -0.25) is 4.79 Å². The highest BCUT2D eigenvalue weighted by atomic mass is 79.9. The molecule has 0 aliphatic carbocycles. The van der Waals surface area contributed by atoms with E-state index in [1.54, 1.807) is 19.2 Å². The Bertz CT molecular complexity index is 467. The lowest BCUT2D eigenvalue weighted by Crippen LogP contribution is -2.17. The molecule has 5 nitrogen and oxygen atoms in total. The van der Waals surface area contributed by atoms with Crippen molar-refractivity contribution in [2.24, 2.45) is 0 Å². The molecule has 104 valence electrons. The fraction of sp³-hybridized carbons (Fsp3) is 0.333. The zero-order valence-corrected chi connectivity index (χ0v) is 12.7. The van der Waals surface area contributed by atoms with Crippen LogP contribution in [0.2, 0.25) is 0 Å². The van der Waals surface area contributed by atoms with Crippen molar-refractivity contribution in [2.45, 2.75) is 0 Å². The largest absolute Gasteiger partial charge is 0.478 e. The molecule has 2 N–H and O–H groups in total. The fourth-order valence-electron chi connectivity index (χ4n) is 1.30. The number of anilines is 1. The molecule has 0 aromatic heterocycles. The summed E-state index contributed by atoms with van der Waals surface area (Å²) in [6, 6.07) is 4.70. The summed E-state index contributed by atoms with van der Waals surface area (Å²) in [6.45, 7) is 0.580. The third-order valence-electron chi connectivity index (χ3n) is 2.15. The van der Waals surface area contributed by atoms with Crippen LogP contribution < -0.4 is 5.32 Å². The van der Waals surface area contributed by atoms with E-state index in [0.29, 0.717) is 16.8 Å². The van der Waals surface area contributed by atoms with Crippen LogP contribution in [-0.2, 0) is 9.53 Å². The van der Waals surface area contributed by atoms with Gasteiger partial charge in [0.2, 0.25) is 5.91 Å². The van der Waals surface area contributed by atoms with Gasteiger partial charge in [-0.05, 0) is 18.2 Å². The van der Waals surface area contributed by atoms with E-state index >= 15 is 0 Å². The summed E-state index contributed by atoms with van der Waals surface area (Å²) in [7, 11) is 1.60. The van der Waals surface area contributed by atoms with Crippen LogP contribution in [0.25, 0.3) is 0 Å². The van der Waals surface area contributed by atoms with Crippen LogP contribution in [0, 0.1) is 0 Å². The molecule has 1 amide bonds. The molecule has 19 heavy (non-hydrogen) atoms. The van der Waals surface area contributed by atoms with Crippen molar-refractivity contribution < 1.29 is 19.4 Å². The van der Waals surface area contributed by atoms with Crippen molar-refractivity contribution in [3.05, 3.63) is 28.2 Å². The van der Waals surface area contributed by atoms with Gasteiger partial charge in [-0.2, -0.15) is 0 Å². The van der Waals surface area contributed by atoms with Crippen LogP contribution in [0.3, 0.4) is 0 Å². The second-order valence-electron chi connectivity index (χ2n) is 3.59. The average Bonchev–Trinajstić information content (AvgIpc) is 2.36. The molecule has 0 radical (unpaired) electrons. The molecule has 0 heterocycles. The first-order chi connectivity index (χ1) is 9.04. The summed E-state index contributed by atoms with van der Waals surface area (Å²) in [5.41, 5.74) is 0.359. The van der Waals surface area contributed by atoms with E-state index in [1.807, 2.05) is 0 Å². The first kappa shape index (κ1) is 16.0. The van der Waals surface area contributed by atoms with E-state index in [1.165, 1.54) is 17.8 Å². The van der Waals surface area contributed by atoms with Gasteiger partial charge in [0.15, 0.2) is 0 Å². The number of aromatic carboxylic acids is 1. The van der Waals surface area contributed by atoms with Crippen LogP contribution in [0.1, 0.15) is 10.4 Å². The number of halogens is 1. The highest BCUT2D eigenvalue weighted by molar-refractivity contribution is 9.10. The first-order valence-electron chi connectivity index (χ1n) is 5.44. The molecule has 0 aliphatic heterocycles. The van der Waals surface area contributed by atoms with Crippen LogP contribution in [0.4, 0.5) is 5.69 Å². The number of hydrogen-bond donors (Lipinski definition) is 2. The van der Waals surface area contributed by atoms with Gasteiger partial charge < -0.3 is 15.2 Å². The summed E-state index contributed by atoms with van der Waals surface area (Å²) in [5.74, 6) is -0.330. The van der Waals surface area contributed by atoms with Gasteiger partial charge in [-0.1, -0.05) is 15.9 Å². The molecular weight excluding hydrogens is 334 g/mol. The number of carbonyl (C=O) groups excluding carboxylic acids is 1. The molecule has 0 spiro atoms. The van der Waals surface area contributed by atoms with Gasteiger partial charge >= 0.3 is 5.97 Å². The van der Waals surface area contributed by atoms with Gasteiger partial charge in [-0.15, -0.1) is 11.8 Å². The lowest BCUT2D eigenvalue weighted by atomic mass is 10.2. The van der Waals surface area contributed by atoms with Crippen molar-refractivity contribution in [1.29, 1.82) is 0 Å². The number of carboxylic acid groups (broad SMARTS) is 1. The average molecular weight is 348 g/mol. The number of methoxy groups -OCH3 is 1. The normalized spacial score (nSPS) is 10.2. The van der Waals surface area contributed by atoms with Crippen molar-refractivity contribution >= 4 is 45.3 Å². The Kier molecular flexibility index (Phi) is 6.90. The van der Waals surface area contributed by atoms with E-state index in [0.717, 1.165) is 5.75 Å². The Morgan fingerprint density at radius 1 is 1.47 bits per heavy atom. The van der Waals surface area contributed by atoms with Crippen molar-refractivity contribution in [3.63, 3.8) is 0 Å². The number of ether oxygens (including phenoxy) is 1. The van der Waals surface area contributed by atoms with Gasteiger partial charge in [-0.25, -0.2) is 4.79 Å². The number of thioether (sulfide) groups is 1. The Balaban J connectivity index is 2.61. The predicted octanol–water partition coefficient (Wildman–Crippen LogP) is 2.47. The maximum Gasteiger partial charge on any atom is 0.337 e. The van der Waals surface area contributed by atoms with Gasteiger partial charge in [0.1, 0.15) is 0 Å². The Hall–Kier alpha value is -1.05. The van der Waals surface area contributed by atoms with Crippen LogP contribution in [0.5, 0.6) is 0 Å². The number of rotatable bonds is 7. The first-order valence-corrected chi connectivity index (χ1v) is 7.38. The molecule has 0 atom stereocenters. The third kappa shape index (κ3) is 5.63. The van der Waals surface area contributed by atoms with Crippen LogP contribution >= 0.6 is 27.7 Å². The number of nitrogens with one attached hydrogen (secondary N) is 1. The summed E-state index contributed by atoms with van der Waals surface area (Å²) >= 11 is 4.62. The fourth-order valence-corrected chi connectivity index (χ4v) is 2.34. The SMILES string of the molecule is COCCSCC(=O)Nc1ccc(Br)cc1C(=O)O. The minimum absolute atomic E-state index is 0.0598. The summed E-state index contributed by atoms with van der Waals surface area (Å²) < 4.78 is 5.52. The third-order valence-corrected chi connectivity index (χ3v) is 3.57. The topological polar surface area (TPSA) is 75.6 Å². The quantitative estimate of drug-likeness (QED) is 0.741. The molecule has 0 bridgehead atoms. The zero-order chi connectivity index (χ0) is 14.3. The van der Waals surface area contributed by atoms with Gasteiger partial charge in [0.25, 0.3) is 0 Å². The van der Waals surface area contributed by atoms with E-state index in [4.69, 9.17) is 9.84 Å². The number of carbonyl (C=O) groups is 2. The minimum atomic E-state index is -1.08. The van der Waals surface area contributed by atoms with E-state index in [-0.39, 0.29) is 17.2 Å². The molecular formula is C12H14BrNO4S. The number of hydrogen-bond acceptors (Lipinski definition) is 4. The Morgan fingerprint density at radius 2 is 2.21 bits per heavy atom. The summed E-state index contributed by atoms with van der Waals surface area (Å²) in [6.07, 6.45) is 0. The van der Waals surface area contributed by atoms with Gasteiger partial charge in [0.05, 0.1) is 23.6 Å². The monoisotopic (exact) mass is 347 g/mol. The van der Waals surface area contributed by atoms with E-state index < -0.39 is 5.97 Å². The second-order valence-corrected chi connectivity index (χ2v) is 5.61. The molecule has 0 aliphatic rings. The highest BCUT2D eigenvalue weighted by Crippen LogP contribution is 2.21. The maximum absolute atomic E-state index is 11.7. The molecule has 0 unspecified atom stereocenters. The maximum atomic E-state index is 11.7. The smallest absolute Gasteiger partial charge is 0.337 e. The van der Waals surface area contributed by atoms with Crippen LogP contribution in [0.15, 0.2) is 22.7 Å². The summed E-state index contributed by atoms with van der Waals surface area (Å²) in [5, 5.41) is 11.6. The number of carboxylic acids is 1. The summed E-state index contributed by atoms with van der Waals surface area (Å²) in [4.78, 5) is 22.7. The molecule has 0 fully saturated rings. The predicted molar refractivity (Wildman–Crippen MR) is 78.9 cm³/mol. The van der Waals surface area contributed by atoms with Gasteiger partial charge in [0, 0.05) is 17.3 Å². The Morgan fingerprint density at radius 3 is 2.84 bits per heavy atom. The molecule has 0 saturated carbocycles. The van der Waals surface area contributed by atoms with E-state index in [2.05, 4.69) is 21.2 Å². The molecule has 1 aromatic rings. The lowest BCUT2D eigenvalue weighted by Gasteiger charge is -2.08. The minimum Gasteiger partial charge on any atom is -0.478 e. The number of benzene rings is 1. The second kappa shape index (κ2) is 8.19. The highest BCUT2D eigenvalue weighted by Gasteiger charge is 2.12. The number of amides is 1.